The van der Waals surface area contributed by atoms with Gasteiger partial charge in [0.1, 0.15) is 32.7 Å². The molecule has 1 atom stereocenters. The van der Waals surface area contributed by atoms with Crippen LogP contribution in [0.15, 0.2) is 18.2 Å². The van der Waals surface area contributed by atoms with Gasteiger partial charge in [0.25, 0.3) is 5.91 Å². The van der Waals surface area contributed by atoms with E-state index in [1.165, 1.54) is 29.7 Å². The van der Waals surface area contributed by atoms with Crippen molar-refractivity contribution in [2.75, 3.05) is 39.5 Å². The van der Waals surface area contributed by atoms with E-state index in [0.717, 1.165) is 50.6 Å². The molecule has 1 saturated heterocycles. The minimum absolute atomic E-state index is 0.202. The van der Waals surface area contributed by atoms with E-state index in [-0.39, 0.29) is 5.91 Å². The molecule has 0 radical (unpaired) electrons. The third-order valence-electron chi connectivity index (χ3n) is 5.61. The molecule has 0 aromatic heterocycles. The highest BCUT2D eigenvalue weighted by molar-refractivity contribution is 5.77. The van der Waals surface area contributed by atoms with E-state index in [0.29, 0.717) is 19.4 Å². The number of benzene rings is 1. The average molecular weight is 378 g/mol. The second-order valence-corrected chi connectivity index (χ2v) is 8.01. The Morgan fingerprint density at radius 3 is 2.63 bits per heavy atom. The Morgan fingerprint density at radius 2 is 1.85 bits per heavy atom. The summed E-state index contributed by atoms with van der Waals surface area (Å²) in [6.07, 6.45) is 4.76. The Labute approximate surface area is 162 Å². The van der Waals surface area contributed by atoms with Crippen molar-refractivity contribution in [3.63, 3.8) is 0 Å². The molecule has 0 aliphatic carbocycles. The first-order chi connectivity index (χ1) is 13.1. The molecule has 2 aliphatic rings. The van der Waals surface area contributed by atoms with Crippen LogP contribution in [0.2, 0.25) is 0 Å². The van der Waals surface area contributed by atoms with Gasteiger partial charge < -0.3 is 24.6 Å². The fraction of sp³-hybridized carbons (Fsp3) is 0.667. The Kier molecular flexibility index (Phi) is 7.35. The van der Waals surface area contributed by atoms with Crippen LogP contribution in [0, 0.1) is 0 Å². The average Bonchev–Trinajstić information content (AvgIpc) is 3.11. The van der Waals surface area contributed by atoms with Gasteiger partial charge in [0.2, 0.25) is 6.79 Å². The van der Waals surface area contributed by atoms with Gasteiger partial charge in [0.15, 0.2) is 18.0 Å². The van der Waals surface area contributed by atoms with Crippen LogP contribution in [-0.4, -0.2) is 51.5 Å². The molecule has 6 nitrogen and oxygen atoms in total. The summed E-state index contributed by atoms with van der Waals surface area (Å²) in [5.74, 6) is 1.91. The van der Waals surface area contributed by atoms with Crippen molar-refractivity contribution < 1.29 is 24.1 Å². The van der Waals surface area contributed by atoms with E-state index in [2.05, 4.69) is 31.3 Å². The normalized spacial score (nSPS) is 22.4. The first-order valence-corrected chi connectivity index (χ1v) is 10.5. The summed E-state index contributed by atoms with van der Waals surface area (Å²) in [5.41, 5.74) is 1.29. The molecule has 1 amide bonds. The molecule has 2 heterocycles. The maximum atomic E-state index is 12.3. The highest BCUT2D eigenvalue weighted by Gasteiger charge is 2.25. The summed E-state index contributed by atoms with van der Waals surface area (Å²) in [6, 6.07) is 6.53. The van der Waals surface area contributed by atoms with Gasteiger partial charge in [0, 0.05) is 11.6 Å². The number of piperazine rings is 1. The predicted molar refractivity (Wildman–Crippen MR) is 104 cm³/mol. The summed E-state index contributed by atoms with van der Waals surface area (Å²) in [4.78, 5) is 15.3. The summed E-state index contributed by atoms with van der Waals surface area (Å²) < 4.78 is 10.9. The van der Waals surface area contributed by atoms with E-state index < -0.39 is 0 Å². The lowest BCUT2D eigenvalue weighted by Crippen LogP contribution is -3.28. The Balaban J connectivity index is 1.35. The van der Waals surface area contributed by atoms with Crippen LogP contribution in [0.1, 0.15) is 45.1 Å². The summed E-state index contributed by atoms with van der Waals surface area (Å²) in [7, 11) is 0. The van der Waals surface area contributed by atoms with E-state index in [1.54, 1.807) is 4.90 Å². The lowest BCUT2D eigenvalue weighted by Gasteiger charge is -2.29. The topological polar surface area (TPSA) is 56.4 Å². The zero-order chi connectivity index (χ0) is 19.1. The van der Waals surface area contributed by atoms with Crippen LogP contribution in [0.25, 0.3) is 0 Å². The number of amides is 1. The number of fused-ring (bicyclic) bond motifs is 1. The number of ether oxygens (including phenoxy) is 2. The molecule has 150 valence electrons. The van der Waals surface area contributed by atoms with Crippen molar-refractivity contribution in [3.8, 4) is 11.5 Å². The molecule has 2 aliphatic heterocycles. The second kappa shape index (κ2) is 9.95. The van der Waals surface area contributed by atoms with Crippen molar-refractivity contribution in [1.82, 2.24) is 5.32 Å². The largest absolute Gasteiger partial charge is 0.454 e. The number of carbonyl (C=O) groups excluding carboxylic acids is 1. The Morgan fingerprint density at radius 1 is 1.11 bits per heavy atom. The molecule has 1 fully saturated rings. The molecule has 1 aromatic carbocycles. The first-order valence-electron chi connectivity index (χ1n) is 10.5. The van der Waals surface area contributed by atoms with E-state index in [4.69, 9.17) is 9.47 Å². The minimum atomic E-state index is 0.202. The first kappa shape index (κ1) is 20.0. The quantitative estimate of drug-likeness (QED) is 0.522. The number of rotatable bonds is 9. The molecule has 0 saturated carbocycles. The monoisotopic (exact) mass is 377 g/mol. The van der Waals surface area contributed by atoms with Crippen molar-refractivity contribution in [2.45, 2.75) is 52.1 Å². The highest BCUT2D eigenvalue weighted by atomic mass is 16.7. The molecular formula is C21H35N3O3+2. The number of hydrogen-bond donors (Lipinski definition) is 3. The van der Waals surface area contributed by atoms with Crippen LogP contribution >= 0.6 is 0 Å². The number of unbranched alkanes of at least 4 members (excludes halogenated alkanes) is 2. The SMILES string of the molecule is CCCCC[C@@H](C)NC(=O)C[NH+]1CC[NH+](Cc2ccc3c(c2)OCO3)CC1. The number of quaternary nitrogens is 2. The molecule has 0 spiro atoms. The summed E-state index contributed by atoms with van der Waals surface area (Å²) in [6.45, 7) is 10.6. The van der Waals surface area contributed by atoms with Gasteiger partial charge in [-0.05, 0) is 31.5 Å². The van der Waals surface area contributed by atoms with Crippen LogP contribution < -0.4 is 24.6 Å². The van der Waals surface area contributed by atoms with Gasteiger partial charge in [-0.1, -0.05) is 26.2 Å². The van der Waals surface area contributed by atoms with Crippen LogP contribution in [0.5, 0.6) is 11.5 Å². The lowest BCUT2D eigenvalue weighted by molar-refractivity contribution is -1.02. The molecule has 6 heteroatoms. The van der Waals surface area contributed by atoms with Gasteiger partial charge in [0.05, 0.1) is 0 Å². The maximum absolute atomic E-state index is 12.3. The van der Waals surface area contributed by atoms with E-state index in [1.807, 2.05) is 6.07 Å². The van der Waals surface area contributed by atoms with Gasteiger partial charge in [-0.3, -0.25) is 4.79 Å². The fourth-order valence-electron chi connectivity index (χ4n) is 3.98. The molecule has 3 N–H and O–H groups in total. The second-order valence-electron chi connectivity index (χ2n) is 8.01. The smallest absolute Gasteiger partial charge is 0.275 e. The van der Waals surface area contributed by atoms with Gasteiger partial charge in [-0.25, -0.2) is 0 Å². The standard InChI is InChI=1S/C21H33N3O3/c1-3-4-5-6-17(2)22-21(25)15-24-11-9-23(10-12-24)14-18-7-8-19-20(13-18)27-16-26-19/h7-8,13,17H,3-6,9-12,14-16H2,1-2H3,(H,22,25)/p+2/t17-/m1/s1. The molecule has 0 bridgehead atoms. The van der Waals surface area contributed by atoms with Crippen LogP contribution in [-0.2, 0) is 11.3 Å². The zero-order valence-corrected chi connectivity index (χ0v) is 16.8. The van der Waals surface area contributed by atoms with Crippen molar-refractivity contribution in [3.05, 3.63) is 23.8 Å². The molecule has 3 rings (SSSR count). The minimum Gasteiger partial charge on any atom is -0.454 e. The Hall–Kier alpha value is -1.79. The molecule has 27 heavy (non-hydrogen) atoms. The van der Waals surface area contributed by atoms with Gasteiger partial charge in [-0.2, -0.15) is 0 Å². The molecule has 1 aromatic rings. The van der Waals surface area contributed by atoms with Crippen molar-refractivity contribution >= 4 is 5.91 Å². The third kappa shape index (κ3) is 6.11. The highest BCUT2D eigenvalue weighted by Crippen LogP contribution is 2.32. The van der Waals surface area contributed by atoms with Crippen LogP contribution in [0.3, 0.4) is 0 Å². The fourth-order valence-corrected chi connectivity index (χ4v) is 3.98. The zero-order valence-electron chi connectivity index (χ0n) is 16.8. The summed E-state index contributed by atoms with van der Waals surface area (Å²) >= 11 is 0. The molecular weight excluding hydrogens is 342 g/mol. The lowest BCUT2D eigenvalue weighted by atomic mass is 10.1. The summed E-state index contributed by atoms with van der Waals surface area (Å²) in [5, 5.41) is 3.17. The maximum Gasteiger partial charge on any atom is 0.275 e. The van der Waals surface area contributed by atoms with Crippen molar-refractivity contribution in [1.29, 1.82) is 0 Å². The predicted octanol–water partition coefficient (Wildman–Crippen LogP) is -0.216. The van der Waals surface area contributed by atoms with E-state index >= 15 is 0 Å². The Bertz CT molecular complexity index is 615. The number of hydrogen-bond acceptors (Lipinski definition) is 3. The number of carbonyl (C=O) groups is 1. The van der Waals surface area contributed by atoms with Crippen LogP contribution in [0.4, 0.5) is 0 Å². The van der Waals surface area contributed by atoms with Gasteiger partial charge >= 0.3 is 0 Å². The molecule has 0 unspecified atom stereocenters. The van der Waals surface area contributed by atoms with Gasteiger partial charge in [-0.15, -0.1) is 0 Å². The van der Waals surface area contributed by atoms with Crippen molar-refractivity contribution in [2.24, 2.45) is 0 Å². The van der Waals surface area contributed by atoms with E-state index in [9.17, 15) is 4.79 Å². The third-order valence-corrected chi connectivity index (χ3v) is 5.61. The number of nitrogens with one attached hydrogen (secondary N) is 3.